The van der Waals surface area contributed by atoms with E-state index in [0.717, 1.165) is 17.9 Å². The van der Waals surface area contributed by atoms with Crippen molar-refractivity contribution in [2.24, 2.45) is 0 Å². The number of nitrogens with zero attached hydrogens (tertiary/aromatic N) is 2. The van der Waals surface area contributed by atoms with E-state index < -0.39 is 6.10 Å². The normalized spacial score (nSPS) is 12.5. The van der Waals surface area contributed by atoms with Crippen LogP contribution in [0.2, 0.25) is 0 Å². The summed E-state index contributed by atoms with van der Waals surface area (Å²) < 4.78 is 0. The number of aliphatic hydroxyl groups excluding tert-OH is 1. The molecule has 16 heavy (non-hydrogen) atoms. The molecule has 1 unspecified atom stereocenters. The van der Waals surface area contributed by atoms with Crippen LogP contribution in [0, 0.1) is 0 Å². The molecule has 1 rings (SSSR count). The molecule has 3 nitrogen and oxygen atoms in total. The zero-order valence-corrected chi connectivity index (χ0v) is 10.5. The van der Waals surface area contributed by atoms with E-state index in [9.17, 15) is 5.11 Å². The van der Waals surface area contributed by atoms with Gasteiger partial charge in [0.1, 0.15) is 5.82 Å². The predicted octanol–water partition coefficient (Wildman–Crippen LogP) is 2.76. The van der Waals surface area contributed by atoms with E-state index in [4.69, 9.17) is 0 Å². The van der Waals surface area contributed by atoms with Crippen molar-refractivity contribution >= 4 is 5.82 Å². The summed E-state index contributed by atoms with van der Waals surface area (Å²) in [6, 6.07) is 3.90. The van der Waals surface area contributed by atoms with Gasteiger partial charge in [0.05, 0.1) is 6.10 Å². The second-order valence-electron chi connectivity index (χ2n) is 4.25. The van der Waals surface area contributed by atoms with Gasteiger partial charge in [-0.15, -0.1) is 0 Å². The van der Waals surface area contributed by atoms with Crippen molar-refractivity contribution < 1.29 is 5.11 Å². The minimum absolute atomic E-state index is 0.438. The van der Waals surface area contributed by atoms with E-state index in [1.54, 1.807) is 13.1 Å². The quantitative estimate of drug-likeness (QED) is 0.752. The van der Waals surface area contributed by atoms with E-state index in [0.29, 0.717) is 0 Å². The van der Waals surface area contributed by atoms with E-state index in [-0.39, 0.29) is 0 Å². The van der Waals surface area contributed by atoms with E-state index in [2.05, 4.69) is 23.9 Å². The van der Waals surface area contributed by atoms with Crippen LogP contribution in [0.3, 0.4) is 0 Å². The lowest BCUT2D eigenvalue weighted by Crippen LogP contribution is -2.19. The first kappa shape index (κ1) is 13.0. The zero-order valence-electron chi connectivity index (χ0n) is 10.5. The first-order valence-corrected chi connectivity index (χ1v) is 6.00. The summed E-state index contributed by atoms with van der Waals surface area (Å²) in [5, 5.41) is 9.37. The molecule has 0 aromatic carbocycles. The molecule has 1 aromatic rings. The first-order valence-electron chi connectivity index (χ1n) is 6.00. The molecule has 1 N–H and O–H groups in total. The molecule has 0 aliphatic carbocycles. The molecule has 0 aliphatic heterocycles. The van der Waals surface area contributed by atoms with Gasteiger partial charge in [0.15, 0.2) is 0 Å². The number of hydrogen-bond acceptors (Lipinski definition) is 3. The number of aliphatic hydroxyl groups is 1. The second-order valence-corrected chi connectivity index (χ2v) is 4.25. The molecule has 0 bridgehead atoms. The van der Waals surface area contributed by atoms with Gasteiger partial charge in [0.2, 0.25) is 0 Å². The Labute approximate surface area is 98.1 Å². The SMILES string of the molecule is CCCCCN(C)c1ccc(C(C)O)cn1. The van der Waals surface area contributed by atoms with Crippen molar-refractivity contribution in [3.63, 3.8) is 0 Å². The van der Waals surface area contributed by atoms with Crippen LogP contribution in [0.25, 0.3) is 0 Å². The molecule has 90 valence electrons. The Bertz CT molecular complexity index is 295. The fourth-order valence-electron chi connectivity index (χ4n) is 1.58. The van der Waals surface area contributed by atoms with Gasteiger partial charge < -0.3 is 10.0 Å². The molecule has 0 radical (unpaired) electrons. The first-order chi connectivity index (χ1) is 7.65. The summed E-state index contributed by atoms with van der Waals surface area (Å²) >= 11 is 0. The molecule has 0 amide bonds. The molecule has 3 heteroatoms. The minimum Gasteiger partial charge on any atom is -0.389 e. The maximum Gasteiger partial charge on any atom is 0.128 e. The Morgan fingerprint density at radius 2 is 2.12 bits per heavy atom. The van der Waals surface area contributed by atoms with Gasteiger partial charge in [-0.1, -0.05) is 25.8 Å². The molecule has 0 saturated carbocycles. The van der Waals surface area contributed by atoms with Crippen LogP contribution in [0.1, 0.15) is 44.8 Å². The summed E-state index contributed by atoms with van der Waals surface area (Å²) in [5.74, 6) is 0.973. The van der Waals surface area contributed by atoms with Gasteiger partial charge in [-0.05, 0) is 25.0 Å². The number of unbranched alkanes of at least 4 members (excludes halogenated alkanes) is 2. The van der Waals surface area contributed by atoms with Crippen molar-refractivity contribution in [2.45, 2.75) is 39.2 Å². The zero-order chi connectivity index (χ0) is 12.0. The van der Waals surface area contributed by atoms with Gasteiger partial charge in [0, 0.05) is 19.8 Å². The van der Waals surface area contributed by atoms with Crippen LogP contribution in [-0.2, 0) is 0 Å². The summed E-state index contributed by atoms with van der Waals surface area (Å²) in [7, 11) is 2.06. The largest absolute Gasteiger partial charge is 0.389 e. The standard InChI is InChI=1S/C13H22N2O/c1-4-5-6-9-15(3)13-8-7-12(10-14-13)11(2)16/h7-8,10-11,16H,4-6,9H2,1-3H3. The monoisotopic (exact) mass is 222 g/mol. The smallest absolute Gasteiger partial charge is 0.128 e. The third kappa shape index (κ3) is 3.81. The van der Waals surface area contributed by atoms with Gasteiger partial charge in [-0.2, -0.15) is 0 Å². The lowest BCUT2D eigenvalue weighted by molar-refractivity contribution is 0.199. The van der Waals surface area contributed by atoms with Gasteiger partial charge >= 0.3 is 0 Å². The Kier molecular flexibility index (Phi) is 5.26. The molecular formula is C13H22N2O. The fourth-order valence-corrected chi connectivity index (χ4v) is 1.58. The van der Waals surface area contributed by atoms with E-state index >= 15 is 0 Å². The van der Waals surface area contributed by atoms with Crippen LogP contribution in [0.5, 0.6) is 0 Å². The van der Waals surface area contributed by atoms with Crippen molar-refractivity contribution in [3.05, 3.63) is 23.9 Å². The topological polar surface area (TPSA) is 36.4 Å². The van der Waals surface area contributed by atoms with E-state index in [1.165, 1.54) is 19.3 Å². The number of aromatic nitrogens is 1. The Balaban J connectivity index is 2.52. The number of pyridine rings is 1. The molecule has 0 saturated heterocycles. The van der Waals surface area contributed by atoms with Crippen molar-refractivity contribution in [1.29, 1.82) is 0 Å². The summed E-state index contributed by atoms with van der Waals surface area (Å²) in [6.45, 7) is 4.99. The highest BCUT2D eigenvalue weighted by atomic mass is 16.3. The van der Waals surface area contributed by atoms with Crippen LogP contribution in [0.15, 0.2) is 18.3 Å². The Morgan fingerprint density at radius 1 is 1.38 bits per heavy atom. The predicted molar refractivity (Wildman–Crippen MR) is 67.7 cm³/mol. The average molecular weight is 222 g/mol. The highest BCUT2D eigenvalue weighted by Crippen LogP contribution is 2.15. The maximum absolute atomic E-state index is 9.37. The lowest BCUT2D eigenvalue weighted by Gasteiger charge is -2.18. The summed E-state index contributed by atoms with van der Waals surface area (Å²) in [6.07, 6.45) is 5.01. The number of anilines is 1. The molecule has 1 heterocycles. The third-order valence-corrected chi connectivity index (χ3v) is 2.74. The van der Waals surface area contributed by atoms with Crippen LogP contribution < -0.4 is 4.90 Å². The van der Waals surface area contributed by atoms with Crippen LogP contribution in [0.4, 0.5) is 5.82 Å². The van der Waals surface area contributed by atoms with E-state index in [1.807, 2.05) is 12.1 Å². The van der Waals surface area contributed by atoms with Gasteiger partial charge in [0.25, 0.3) is 0 Å². The average Bonchev–Trinajstić information content (AvgIpc) is 2.29. The second kappa shape index (κ2) is 6.48. The minimum atomic E-state index is -0.438. The van der Waals surface area contributed by atoms with Gasteiger partial charge in [-0.3, -0.25) is 0 Å². The number of rotatable bonds is 6. The maximum atomic E-state index is 9.37. The molecular weight excluding hydrogens is 200 g/mol. The fraction of sp³-hybridized carbons (Fsp3) is 0.615. The molecule has 0 spiro atoms. The van der Waals surface area contributed by atoms with Gasteiger partial charge in [-0.25, -0.2) is 4.98 Å². The third-order valence-electron chi connectivity index (χ3n) is 2.74. The van der Waals surface area contributed by atoms with Crippen molar-refractivity contribution in [2.75, 3.05) is 18.5 Å². The Hall–Kier alpha value is -1.09. The summed E-state index contributed by atoms with van der Waals surface area (Å²) in [4.78, 5) is 6.50. The van der Waals surface area contributed by atoms with Crippen molar-refractivity contribution in [3.8, 4) is 0 Å². The van der Waals surface area contributed by atoms with Crippen molar-refractivity contribution in [1.82, 2.24) is 4.98 Å². The molecule has 1 atom stereocenters. The highest BCUT2D eigenvalue weighted by Gasteiger charge is 2.04. The summed E-state index contributed by atoms with van der Waals surface area (Å²) in [5.41, 5.74) is 0.866. The Morgan fingerprint density at radius 3 is 2.62 bits per heavy atom. The number of hydrogen-bond donors (Lipinski definition) is 1. The highest BCUT2D eigenvalue weighted by molar-refractivity contribution is 5.38. The lowest BCUT2D eigenvalue weighted by atomic mass is 10.2. The van der Waals surface area contributed by atoms with Crippen LogP contribution >= 0.6 is 0 Å². The molecule has 0 aliphatic rings. The van der Waals surface area contributed by atoms with Crippen LogP contribution in [-0.4, -0.2) is 23.7 Å². The molecule has 1 aromatic heterocycles. The molecule has 0 fully saturated rings.